The molecular formula is C20H20O2. The molecule has 0 amide bonds. The van der Waals surface area contributed by atoms with Crippen molar-refractivity contribution in [2.45, 2.75) is 26.4 Å². The third kappa shape index (κ3) is 3.79. The Labute approximate surface area is 131 Å². The average Bonchev–Trinajstić information content (AvgIpc) is 2.57. The van der Waals surface area contributed by atoms with Gasteiger partial charge < -0.3 is 9.47 Å². The molecule has 0 aromatic heterocycles. The lowest BCUT2D eigenvalue weighted by molar-refractivity contribution is 0.0512. The minimum atomic E-state index is 0.530. The highest BCUT2D eigenvalue weighted by Crippen LogP contribution is 2.26. The number of rotatable bonds is 5. The lowest BCUT2D eigenvalue weighted by atomic mass is 10.0. The van der Waals surface area contributed by atoms with Crippen molar-refractivity contribution in [3.05, 3.63) is 95.1 Å². The Morgan fingerprint density at radius 3 is 2.23 bits per heavy atom. The van der Waals surface area contributed by atoms with Gasteiger partial charge in [-0.05, 0) is 30.5 Å². The molecule has 0 N–H and O–H groups in total. The monoisotopic (exact) mass is 292 g/mol. The number of allylic oxidation sites excluding steroid dienone is 3. The van der Waals surface area contributed by atoms with Crippen LogP contribution in [0.2, 0.25) is 0 Å². The SMILES string of the molecule is CC1=CCC(Cc2ccccc2)=C(OCc2ccccc2)O1. The summed E-state index contributed by atoms with van der Waals surface area (Å²) in [6, 6.07) is 20.6. The molecule has 1 heterocycles. The van der Waals surface area contributed by atoms with Crippen molar-refractivity contribution < 1.29 is 9.47 Å². The second-order valence-electron chi connectivity index (χ2n) is 5.45. The second-order valence-corrected chi connectivity index (χ2v) is 5.45. The van der Waals surface area contributed by atoms with Gasteiger partial charge >= 0.3 is 0 Å². The summed E-state index contributed by atoms with van der Waals surface area (Å²) in [6.07, 6.45) is 3.84. The van der Waals surface area contributed by atoms with Crippen molar-refractivity contribution in [2.75, 3.05) is 0 Å². The molecule has 22 heavy (non-hydrogen) atoms. The third-order valence-electron chi connectivity index (χ3n) is 3.65. The van der Waals surface area contributed by atoms with Crippen molar-refractivity contribution in [3.63, 3.8) is 0 Å². The fourth-order valence-corrected chi connectivity index (χ4v) is 2.45. The van der Waals surface area contributed by atoms with E-state index >= 15 is 0 Å². The van der Waals surface area contributed by atoms with E-state index in [1.165, 1.54) is 11.1 Å². The van der Waals surface area contributed by atoms with E-state index in [4.69, 9.17) is 9.47 Å². The van der Waals surface area contributed by atoms with Gasteiger partial charge in [0, 0.05) is 12.0 Å². The van der Waals surface area contributed by atoms with Crippen LogP contribution in [0.5, 0.6) is 0 Å². The lowest BCUT2D eigenvalue weighted by Gasteiger charge is -2.20. The van der Waals surface area contributed by atoms with Gasteiger partial charge in [0.25, 0.3) is 5.95 Å². The van der Waals surface area contributed by atoms with E-state index in [0.29, 0.717) is 12.6 Å². The molecule has 2 aromatic rings. The van der Waals surface area contributed by atoms with Crippen molar-refractivity contribution in [3.8, 4) is 0 Å². The molecule has 112 valence electrons. The van der Waals surface area contributed by atoms with Gasteiger partial charge in [0.05, 0.1) is 0 Å². The Balaban J connectivity index is 1.73. The zero-order valence-corrected chi connectivity index (χ0v) is 12.8. The maximum absolute atomic E-state index is 5.94. The van der Waals surface area contributed by atoms with Crippen LogP contribution < -0.4 is 0 Å². The quantitative estimate of drug-likeness (QED) is 0.773. The molecule has 0 spiro atoms. The molecule has 0 unspecified atom stereocenters. The molecule has 2 nitrogen and oxygen atoms in total. The van der Waals surface area contributed by atoms with Crippen molar-refractivity contribution in [1.82, 2.24) is 0 Å². The normalized spacial score (nSPS) is 14.3. The van der Waals surface area contributed by atoms with Gasteiger partial charge in [-0.1, -0.05) is 60.7 Å². The fourth-order valence-electron chi connectivity index (χ4n) is 2.45. The molecule has 0 saturated heterocycles. The second kappa shape index (κ2) is 6.99. The molecule has 2 heteroatoms. The van der Waals surface area contributed by atoms with Crippen LogP contribution in [0.25, 0.3) is 0 Å². The van der Waals surface area contributed by atoms with Gasteiger partial charge in [-0.25, -0.2) is 0 Å². The molecule has 1 aliphatic heterocycles. The van der Waals surface area contributed by atoms with Crippen LogP contribution in [-0.2, 0) is 22.5 Å². The van der Waals surface area contributed by atoms with Crippen LogP contribution in [0.1, 0.15) is 24.5 Å². The maximum atomic E-state index is 5.94. The maximum Gasteiger partial charge on any atom is 0.284 e. The van der Waals surface area contributed by atoms with Crippen LogP contribution in [-0.4, -0.2) is 0 Å². The van der Waals surface area contributed by atoms with Crippen LogP contribution in [0.4, 0.5) is 0 Å². The molecule has 0 bridgehead atoms. The largest absolute Gasteiger partial charge is 0.460 e. The number of ether oxygens (including phenoxy) is 2. The Morgan fingerprint density at radius 1 is 0.909 bits per heavy atom. The number of hydrogen-bond acceptors (Lipinski definition) is 2. The average molecular weight is 292 g/mol. The smallest absolute Gasteiger partial charge is 0.284 e. The summed E-state index contributed by atoms with van der Waals surface area (Å²) >= 11 is 0. The van der Waals surface area contributed by atoms with E-state index < -0.39 is 0 Å². The first-order valence-corrected chi connectivity index (χ1v) is 7.58. The highest BCUT2D eigenvalue weighted by Gasteiger charge is 2.16. The zero-order chi connectivity index (χ0) is 15.2. The standard InChI is InChI=1S/C20H20O2/c1-16-12-13-19(14-17-8-4-2-5-9-17)20(22-16)21-15-18-10-6-3-7-11-18/h2-12H,13-15H2,1H3. The first kappa shape index (κ1) is 14.5. The Morgan fingerprint density at radius 2 is 1.55 bits per heavy atom. The van der Waals surface area contributed by atoms with Crippen molar-refractivity contribution in [1.29, 1.82) is 0 Å². The Hall–Kier alpha value is -2.48. The first-order valence-electron chi connectivity index (χ1n) is 7.58. The minimum Gasteiger partial charge on any atom is -0.460 e. The van der Waals surface area contributed by atoms with E-state index in [-0.39, 0.29) is 0 Å². The Kier molecular flexibility index (Phi) is 4.59. The molecule has 0 atom stereocenters. The highest BCUT2D eigenvalue weighted by atomic mass is 16.7. The molecule has 0 aliphatic carbocycles. The Bertz CT molecular complexity index is 669. The summed E-state index contributed by atoms with van der Waals surface area (Å²) in [4.78, 5) is 0. The topological polar surface area (TPSA) is 18.5 Å². The van der Waals surface area contributed by atoms with E-state index in [9.17, 15) is 0 Å². The highest BCUT2D eigenvalue weighted by molar-refractivity contribution is 5.26. The van der Waals surface area contributed by atoms with Crippen LogP contribution in [0.15, 0.2) is 84.0 Å². The predicted octanol–water partition coefficient (Wildman–Crippen LogP) is 4.98. The predicted molar refractivity (Wildman–Crippen MR) is 87.9 cm³/mol. The van der Waals surface area contributed by atoms with Crippen LogP contribution in [0, 0.1) is 0 Å². The van der Waals surface area contributed by atoms with Gasteiger partial charge in [0.15, 0.2) is 0 Å². The lowest BCUT2D eigenvalue weighted by Crippen LogP contribution is -2.08. The molecule has 0 saturated carbocycles. The summed E-state index contributed by atoms with van der Waals surface area (Å²) in [6.45, 7) is 2.49. The fraction of sp³-hybridized carbons (Fsp3) is 0.200. The molecular weight excluding hydrogens is 272 g/mol. The molecule has 2 aromatic carbocycles. The summed E-state index contributed by atoms with van der Waals surface area (Å²) in [5.74, 6) is 1.56. The number of hydrogen-bond donors (Lipinski definition) is 0. The van der Waals surface area contributed by atoms with E-state index in [1.54, 1.807) is 0 Å². The summed E-state index contributed by atoms with van der Waals surface area (Å²) < 4.78 is 11.8. The van der Waals surface area contributed by atoms with E-state index in [2.05, 4.69) is 42.5 Å². The summed E-state index contributed by atoms with van der Waals surface area (Å²) in [7, 11) is 0. The third-order valence-corrected chi connectivity index (χ3v) is 3.65. The van der Waals surface area contributed by atoms with E-state index in [1.807, 2.05) is 31.2 Å². The molecule has 0 fully saturated rings. The first-order chi connectivity index (χ1) is 10.8. The van der Waals surface area contributed by atoms with Gasteiger partial charge in [-0.3, -0.25) is 0 Å². The summed E-state index contributed by atoms with van der Waals surface area (Å²) in [5.41, 5.74) is 3.60. The van der Waals surface area contributed by atoms with E-state index in [0.717, 1.165) is 24.2 Å². The van der Waals surface area contributed by atoms with Crippen LogP contribution >= 0.6 is 0 Å². The van der Waals surface area contributed by atoms with Gasteiger partial charge in [-0.2, -0.15) is 0 Å². The van der Waals surface area contributed by atoms with Crippen molar-refractivity contribution in [2.24, 2.45) is 0 Å². The zero-order valence-electron chi connectivity index (χ0n) is 12.8. The van der Waals surface area contributed by atoms with Gasteiger partial charge in [0.1, 0.15) is 12.4 Å². The number of benzene rings is 2. The van der Waals surface area contributed by atoms with Gasteiger partial charge in [0.2, 0.25) is 0 Å². The van der Waals surface area contributed by atoms with Gasteiger partial charge in [-0.15, -0.1) is 0 Å². The van der Waals surface area contributed by atoms with Crippen molar-refractivity contribution >= 4 is 0 Å². The molecule has 3 rings (SSSR count). The minimum absolute atomic E-state index is 0.530. The molecule has 1 aliphatic rings. The summed E-state index contributed by atoms with van der Waals surface area (Å²) in [5, 5.41) is 0. The van der Waals surface area contributed by atoms with Crippen LogP contribution in [0.3, 0.4) is 0 Å². The molecule has 0 radical (unpaired) electrons.